The third kappa shape index (κ3) is 8.43. The van der Waals surface area contributed by atoms with Gasteiger partial charge in [0, 0.05) is 6.04 Å². The highest BCUT2D eigenvalue weighted by Gasteiger charge is 2.15. The van der Waals surface area contributed by atoms with Gasteiger partial charge < -0.3 is 9.45 Å². The van der Waals surface area contributed by atoms with E-state index in [1.807, 2.05) is 0 Å². The minimum absolute atomic E-state index is 0. The lowest BCUT2D eigenvalue weighted by atomic mass is 10.0. The van der Waals surface area contributed by atoms with Crippen LogP contribution in [-0.2, 0) is 10.4 Å². The molecule has 1 heterocycles. The fraction of sp³-hybridized carbons (Fsp3) is 1.00. The molecule has 0 radical (unpaired) electrons. The van der Waals surface area contributed by atoms with Gasteiger partial charge in [0.05, 0.1) is 0 Å². The van der Waals surface area contributed by atoms with E-state index in [0.29, 0.717) is 0 Å². The second kappa shape index (κ2) is 6.34. The van der Waals surface area contributed by atoms with Gasteiger partial charge in [0.1, 0.15) is 0 Å². The number of nitrogens with zero attached hydrogens (tertiary/aromatic N) is 1. The van der Waals surface area contributed by atoms with Crippen molar-refractivity contribution in [2.24, 2.45) is 0 Å². The number of hydrogen-bond acceptors (Lipinski definition) is 4. The van der Waals surface area contributed by atoms with E-state index in [9.17, 15) is 0 Å². The Morgan fingerprint density at radius 3 is 2.36 bits per heavy atom. The first kappa shape index (κ1) is 13.8. The van der Waals surface area contributed by atoms with Crippen molar-refractivity contribution < 1.29 is 18.9 Å². The highest BCUT2D eigenvalue weighted by atomic mass is 32.3. The maximum atomic E-state index is 8.63. The molecule has 1 aliphatic rings. The molecular formula is C8H19NO4S. The maximum absolute atomic E-state index is 8.63. The van der Waals surface area contributed by atoms with Gasteiger partial charge >= 0.3 is 1.43 Å². The third-order valence-electron chi connectivity index (χ3n) is 2.39. The smallest absolute Gasteiger partial charge is 0.726 e. The van der Waals surface area contributed by atoms with Gasteiger partial charge in [-0.05, 0) is 32.9 Å². The molecule has 1 N–H and O–H groups in total. The summed E-state index contributed by atoms with van der Waals surface area (Å²) in [6, 6.07) is 0.888. The minimum atomic E-state index is -4.92. The molecule has 0 saturated carbocycles. The van der Waals surface area contributed by atoms with Crippen LogP contribution >= 0.6 is 0 Å². The Kier molecular flexibility index (Phi) is 6.26. The summed E-state index contributed by atoms with van der Waals surface area (Å²) in [7, 11) is -2.67. The summed E-state index contributed by atoms with van der Waals surface area (Å²) in [6.45, 7) is 3.60. The average Bonchev–Trinajstić information content (AvgIpc) is 2.02. The first-order valence-electron chi connectivity index (χ1n) is 4.73. The Morgan fingerprint density at radius 2 is 2.07 bits per heavy atom. The zero-order chi connectivity index (χ0) is 11.2. The Balaban J connectivity index is 0. The molecule has 0 spiro atoms. The highest BCUT2D eigenvalue weighted by molar-refractivity contribution is 7.79. The Bertz CT molecular complexity index is 237. The molecule has 0 aromatic carbocycles. The zero-order valence-electron chi connectivity index (χ0n) is 9.64. The molecule has 1 atom stereocenters. The van der Waals surface area contributed by atoms with Crippen LogP contribution in [0.4, 0.5) is 0 Å². The topological polar surface area (TPSA) is 80.7 Å². The van der Waals surface area contributed by atoms with E-state index in [1.165, 1.54) is 32.2 Å². The van der Waals surface area contributed by atoms with Crippen molar-refractivity contribution in [3.63, 3.8) is 0 Å². The summed E-state index contributed by atoms with van der Waals surface area (Å²) < 4.78 is 32.8. The van der Waals surface area contributed by atoms with E-state index >= 15 is 0 Å². The van der Waals surface area contributed by atoms with E-state index in [1.54, 1.807) is 0 Å². The van der Waals surface area contributed by atoms with Crippen molar-refractivity contribution >= 4 is 10.4 Å². The van der Waals surface area contributed by atoms with Gasteiger partial charge in [-0.1, -0.05) is 13.3 Å². The average molecular weight is 225 g/mol. The van der Waals surface area contributed by atoms with Crippen molar-refractivity contribution in [1.82, 2.24) is 4.90 Å². The molecule has 86 valence electrons. The van der Waals surface area contributed by atoms with Crippen molar-refractivity contribution in [2.45, 2.75) is 38.6 Å². The molecule has 0 aromatic heterocycles. The lowest BCUT2D eigenvalue weighted by molar-refractivity contribution is 0.181. The number of piperidine rings is 1. The molecule has 0 aliphatic carbocycles. The van der Waals surface area contributed by atoms with Crippen molar-refractivity contribution in [2.75, 3.05) is 13.6 Å². The van der Waals surface area contributed by atoms with Crippen LogP contribution < -0.4 is 0 Å². The molecule has 6 heteroatoms. The minimum Gasteiger partial charge on any atom is -0.726 e. The standard InChI is InChI=1S/C8H17N.H2O4S/c1-3-8-6-4-5-7-9(8)2;1-5(2,3)4/h8H,3-7H2,1-2H3;(H2,1,2,3,4). The lowest BCUT2D eigenvalue weighted by Gasteiger charge is -2.31. The molecule has 0 amide bonds. The molecule has 0 aromatic rings. The van der Waals surface area contributed by atoms with E-state index in [2.05, 4.69) is 18.9 Å². The van der Waals surface area contributed by atoms with Gasteiger partial charge in [-0.2, -0.15) is 0 Å². The molecule has 0 bridgehead atoms. The van der Waals surface area contributed by atoms with Crippen LogP contribution in [-0.4, -0.2) is 42.1 Å². The Hall–Kier alpha value is -0.170. The van der Waals surface area contributed by atoms with Gasteiger partial charge in [0.2, 0.25) is 10.4 Å². The number of likely N-dealkylation sites (tertiary alicyclic amines) is 1. The fourth-order valence-electron chi connectivity index (χ4n) is 1.66. The van der Waals surface area contributed by atoms with Crippen molar-refractivity contribution in [3.8, 4) is 0 Å². The first-order chi connectivity index (χ1) is 6.34. The normalized spacial score (nSPS) is 23.9. The lowest BCUT2D eigenvalue weighted by Crippen LogP contribution is -2.35. The van der Waals surface area contributed by atoms with Crippen molar-refractivity contribution in [1.29, 1.82) is 0 Å². The summed E-state index contributed by atoms with van der Waals surface area (Å²) in [5.74, 6) is 0. The summed E-state index contributed by atoms with van der Waals surface area (Å²) in [5, 5.41) is 0. The molecule has 1 saturated heterocycles. The molecular weight excluding hydrogens is 206 g/mol. The maximum Gasteiger partial charge on any atom is 1.00 e. The van der Waals surface area contributed by atoms with E-state index in [-0.39, 0.29) is 1.43 Å². The largest absolute Gasteiger partial charge is 1.00 e. The SMILES string of the molecule is CCC1CCCCN1C.O=S(=O)([O-])O.[H+]. The zero-order valence-corrected chi connectivity index (χ0v) is 9.46. The third-order valence-corrected chi connectivity index (χ3v) is 2.39. The summed E-state index contributed by atoms with van der Waals surface area (Å²) >= 11 is 0. The molecule has 1 fully saturated rings. The Labute approximate surface area is 87.2 Å². The van der Waals surface area contributed by atoms with Crippen LogP contribution in [0.3, 0.4) is 0 Å². The molecule has 14 heavy (non-hydrogen) atoms. The molecule has 1 unspecified atom stereocenters. The molecule has 1 rings (SSSR count). The van der Waals surface area contributed by atoms with Crippen LogP contribution in [0.1, 0.15) is 34.0 Å². The predicted molar refractivity (Wildman–Crippen MR) is 54.0 cm³/mol. The number of rotatable bonds is 1. The van der Waals surface area contributed by atoms with E-state index in [0.717, 1.165) is 6.04 Å². The quantitative estimate of drug-likeness (QED) is 0.532. The van der Waals surface area contributed by atoms with Gasteiger partial charge in [0.25, 0.3) is 0 Å². The van der Waals surface area contributed by atoms with Gasteiger partial charge in [-0.3, -0.25) is 4.55 Å². The monoisotopic (exact) mass is 225 g/mol. The second-order valence-electron chi connectivity index (χ2n) is 3.47. The second-order valence-corrected chi connectivity index (χ2v) is 4.32. The van der Waals surface area contributed by atoms with Crippen LogP contribution in [0.15, 0.2) is 0 Å². The first-order valence-corrected chi connectivity index (χ1v) is 6.09. The fourth-order valence-corrected chi connectivity index (χ4v) is 1.66. The van der Waals surface area contributed by atoms with Crippen LogP contribution in [0.5, 0.6) is 0 Å². The predicted octanol–water partition coefficient (Wildman–Crippen LogP) is 0.998. The summed E-state index contributed by atoms with van der Waals surface area (Å²) in [6.07, 6.45) is 5.61. The Morgan fingerprint density at radius 1 is 1.57 bits per heavy atom. The molecule has 5 nitrogen and oxygen atoms in total. The van der Waals surface area contributed by atoms with Gasteiger partial charge in [0.15, 0.2) is 0 Å². The highest BCUT2D eigenvalue weighted by Crippen LogP contribution is 2.16. The van der Waals surface area contributed by atoms with Crippen LogP contribution in [0.25, 0.3) is 0 Å². The van der Waals surface area contributed by atoms with Gasteiger partial charge in [-0.15, -0.1) is 0 Å². The summed E-state index contributed by atoms with van der Waals surface area (Å²) in [4.78, 5) is 2.49. The molecule has 1 aliphatic heterocycles. The van der Waals surface area contributed by atoms with Gasteiger partial charge in [-0.25, -0.2) is 8.42 Å². The summed E-state index contributed by atoms with van der Waals surface area (Å²) in [5.41, 5.74) is 0. The van der Waals surface area contributed by atoms with Crippen LogP contribution in [0.2, 0.25) is 0 Å². The van der Waals surface area contributed by atoms with Crippen molar-refractivity contribution in [3.05, 3.63) is 0 Å². The van der Waals surface area contributed by atoms with Crippen LogP contribution in [0, 0.1) is 0 Å². The van der Waals surface area contributed by atoms with E-state index in [4.69, 9.17) is 17.5 Å². The van der Waals surface area contributed by atoms with E-state index < -0.39 is 10.4 Å². The number of hydrogen-bond donors (Lipinski definition) is 1.